The molecule has 5 nitrogen and oxygen atoms in total. The number of nitrogens with zero attached hydrogens (tertiary/aromatic N) is 1. The second kappa shape index (κ2) is 7.43. The zero-order valence-electron chi connectivity index (χ0n) is 7.92. The van der Waals surface area contributed by atoms with Crippen molar-refractivity contribution in [1.82, 2.24) is 3.97 Å². The van der Waals surface area contributed by atoms with Gasteiger partial charge in [-0.3, -0.25) is 4.18 Å². The van der Waals surface area contributed by atoms with Crippen LogP contribution in [0.4, 0.5) is 0 Å². The minimum atomic E-state index is -3.66. The molecule has 0 saturated heterocycles. The van der Waals surface area contributed by atoms with E-state index in [1.165, 1.54) is 12.4 Å². The van der Waals surface area contributed by atoms with Crippen LogP contribution in [0.3, 0.4) is 0 Å². The second-order valence-corrected chi connectivity index (χ2v) is 4.00. The third-order valence-corrected chi connectivity index (χ3v) is 2.72. The third-order valence-electron chi connectivity index (χ3n) is 1.50. The molecular weight excluding hydrogens is 229 g/mol. The van der Waals surface area contributed by atoms with E-state index in [1.807, 2.05) is 6.92 Å². The molecule has 1 aromatic rings. The molecule has 0 saturated carbocycles. The standard InChI is InChI=1S/C8H13NO4S.Na.H/c1-2-12-7-8-13-14(10,11)9-5-3-4-6-9;;/h3-6H,2,7-8H2,1H3;;. The van der Waals surface area contributed by atoms with Crippen molar-refractivity contribution < 1.29 is 17.3 Å². The molecular formula is C8H14NNaO4S. The summed E-state index contributed by atoms with van der Waals surface area (Å²) < 4.78 is 33.3. The fourth-order valence-electron chi connectivity index (χ4n) is 0.871. The number of aromatic nitrogens is 1. The van der Waals surface area contributed by atoms with Crippen LogP contribution in [0, 0.1) is 0 Å². The van der Waals surface area contributed by atoms with Crippen LogP contribution >= 0.6 is 0 Å². The number of ether oxygens (including phenoxy) is 1. The normalized spacial score (nSPS) is 11.0. The quantitative estimate of drug-likeness (QED) is 0.520. The van der Waals surface area contributed by atoms with Crippen LogP contribution in [0.2, 0.25) is 0 Å². The van der Waals surface area contributed by atoms with Crippen molar-refractivity contribution in [2.24, 2.45) is 0 Å². The van der Waals surface area contributed by atoms with Crippen LogP contribution in [-0.2, 0) is 19.2 Å². The van der Waals surface area contributed by atoms with Gasteiger partial charge in [-0.15, -0.1) is 0 Å². The van der Waals surface area contributed by atoms with Crippen LogP contribution in [0.25, 0.3) is 0 Å². The SMILES string of the molecule is CCOCCOS(=O)(=O)n1cccc1.[NaH]. The van der Waals surface area contributed by atoms with E-state index >= 15 is 0 Å². The Kier molecular flexibility index (Phi) is 7.50. The van der Waals surface area contributed by atoms with Crippen molar-refractivity contribution >= 4 is 39.9 Å². The van der Waals surface area contributed by atoms with Gasteiger partial charge in [-0.05, 0) is 19.1 Å². The zero-order chi connectivity index (χ0) is 10.4. The Morgan fingerprint density at radius 2 is 1.80 bits per heavy atom. The molecule has 0 radical (unpaired) electrons. The van der Waals surface area contributed by atoms with Gasteiger partial charge >= 0.3 is 39.9 Å². The molecule has 0 atom stereocenters. The predicted molar refractivity (Wildman–Crippen MR) is 58.3 cm³/mol. The third kappa shape index (κ3) is 5.14. The van der Waals surface area contributed by atoms with Crippen molar-refractivity contribution in [2.45, 2.75) is 6.92 Å². The molecule has 0 bridgehead atoms. The summed E-state index contributed by atoms with van der Waals surface area (Å²) in [5, 5.41) is 0. The Labute approximate surface area is 112 Å². The van der Waals surface area contributed by atoms with E-state index in [1.54, 1.807) is 12.1 Å². The summed E-state index contributed by atoms with van der Waals surface area (Å²) in [5.41, 5.74) is 0. The van der Waals surface area contributed by atoms with Crippen molar-refractivity contribution in [3.63, 3.8) is 0 Å². The first kappa shape index (κ1) is 15.2. The summed E-state index contributed by atoms with van der Waals surface area (Å²) in [5.74, 6) is 0. The Morgan fingerprint density at radius 1 is 1.20 bits per heavy atom. The van der Waals surface area contributed by atoms with Gasteiger partial charge in [0.05, 0.1) is 13.2 Å². The first-order valence-corrected chi connectivity index (χ1v) is 5.64. The average molecular weight is 243 g/mol. The molecule has 0 aromatic carbocycles. The summed E-state index contributed by atoms with van der Waals surface area (Å²) in [7, 11) is -3.66. The van der Waals surface area contributed by atoms with E-state index in [2.05, 4.69) is 4.18 Å². The van der Waals surface area contributed by atoms with E-state index in [0.717, 1.165) is 3.97 Å². The summed E-state index contributed by atoms with van der Waals surface area (Å²) in [6.45, 7) is 2.69. The first-order valence-electron chi connectivity index (χ1n) is 4.27. The second-order valence-electron chi connectivity index (χ2n) is 2.49. The summed E-state index contributed by atoms with van der Waals surface area (Å²) in [6, 6.07) is 3.23. The minimum absolute atomic E-state index is 0. The van der Waals surface area contributed by atoms with Crippen LogP contribution in [0.15, 0.2) is 24.5 Å². The topological polar surface area (TPSA) is 57.5 Å². The van der Waals surface area contributed by atoms with Crippen LogP contribution < -0.4 is 0 Å². The van der Waals surface area contributed by atoms with E-state index in [-0.39, 0.29) is 42.8 Å². The molecule has 0 N–H and O–H groups in total. The maximum atomic E-state index is 11.3. The van der Waals surface area contributed by atoms with Crippen molar-refractivity contribution in [3.05, 3.63) is 24.5 Å². The molecule has 0 fully saturated rings. The molecule has 15 heavy (non-hydrogen) atoms. The van der Waals surface area contributed by atoms with Crippen molar-refractivity contribution in [2.75, 3.05) is 19.8 Å². The molecule has 82 valence electrons. The molecule has 0 spiro atoms. The monoisotopic (exact) mass is 243 g/mol. The molecule has 0 aliphatic heterocycles. The zero-order valence-corrected chi connectivity index (χ0v) is 8.74. The Hall–Kier alpha value is 0.150. The molecule has 7 heteroatoms. The molecule has 1 rings (SSSR count). The van der Waals surface area contributed by atoms with Crippen LogP contribution in [0.5, 0.6) is 0 Å². The van der Waals surface area contributed by atoms with Crippen molar-refractivity contribution in [3.8, 4) is 0 Å². The predicted octanol–water partition coefficient (Wildman–Crippen LogP) is -0.0144. The molecule has 0 aliphatic carbocycles. The average Bonchev–Trinajstić information content (AvgIpc) is 2.65. The molecule has 0 aliphatic rings. The van der Waals surface area contributed by atoms with Crippen LogP contribution in [-0.4, -0.2) is 61.8 Å². The fourth-order valence-corrected chi connectivity index (χ4v) is 1.71. The Bertz CT molecular complexity index is 349. The summed E-state index contributed by atoms with van der Waals surface area (Å²) >= 11 is 0. The van der Waals surface area contributed by atoms with Gasteiger partial charge in [0, 0.05) is 19.0 Å². The summed E-state index contributed by atoms with van der Waals surface area (Å²) in [6.07, 6.45) is 2.83. The molecule has 1 heterocycles. The van der Waals surface area contributed by atoms with E-state index in [0.29, 0.717) is 6.61 Å². The van der Waals surface area contributed by atoms with Gasteiger partial charge in [-0.1, -0.05) is 0 Å². The number of hydrogen-bond acceptors (Lipinski definition) is 4. The van der Waals surface area contributed by atoms with E-state index in [4.69, 9.17) is 4.74 Å². The van der Waals surface area contributed by atoms with Crippen LogP contribution in [0.1, 0.15) is 6.92 Å². The van der Waals surface area contributed by atoms with E-state index in [9.17, 15) is 8.42 Å². The van der Waals surface area contributed by atoms with Gasteiger partial charge in [0.25, 0.3) is 0 Å². The molecule has 1 aromatic heterocycles. The first-order chi connectivity index (χ1) is 6.67. The fraction of sp³-hybridized carbons (Fsp3) is 0.500. The van der Waals surface area contributed by atoms with Gasteiger partial charge in [-0.2, -0.15) is 8.42 Å². The number of rotatable bonds is 6. The maximum absolute atomic E-state index is 11.3. The van der Waals surface area contributed by atoms with Crippen molar-refractivity contribution in [1.29, 1.82) is 0 Å². The Balaban J connectivity index is 0.00000196. The molecule has 0 amide bonds. The van der Waals surface area contributed by atoms with Gasteiger partial charge in [0.2, 0.25) is 0 Å². The van der Waals surface area contributed by atoms with Gasteiger partial charge in [0.1, 0.15) is 0 Å². The Morgan fingerprint density at radius 3 is 2.33 bits per heavy atom. The summed E-state index contributed by atoms with van der Waals surface area (Å²) in [4.78, 5) is 0. The number of hydrogen-bond donors (Lipinski definition) is 0. The van der Waals surface area contributed by atoms with E-state index < -0.39 is 10.3 Å². The van der Waals surface area contributed by atoms with Gasteiger partial charge in [-0.25, -0.2) is 3.97 Å². The molecule has 0 unspecified atom stereocenters. The van der Waals surface area contributed by atoms with Gasteiger partial charge < -0.3 is 4.74 Å². The van der Waals surface area contributed by atoms with Gasteiger partial charge in [0.15, 0.2) is 0 Å².